The number of hydrogen-bond acceptors (Lipinski definition) is 6. The Labute approximate surface area is 178 Å². The first kappa shape index (κ1) is 22.7. The summed E-state index contributed by atoms with van der Waals surface area (Å²) in [6.07, 6.45) is 0. The molecule has 0 saturated carbocycles. The molecule has 12 heteroatoms. The molecule has 0 atom stereocenters. The van der Waals surface area contributed by atoms with Gasteiger partial charge in [0.1, 0.15) is 16.4 Å². The van der Waals surface area contributed by atoms with Crippen molar-refractivity contribution in [3.8, 4) is 11.5 Å². The molecule has 1 aliphatic rings. The summed E-state index contributed by atoms with van der Waals surface area (Å²) in [7, 11) is -3.98. The summed E-state index contributed by atoms with van der Waals surface area (Å²) in [5.74, 6) is 0.229. The Balaban J connectivity index is 0.00000280. The summed E-state index contributed by atoms with van der Waals surface area (Å²) in [6, 6.07) is 7.92. The average Bonchev–Trinajstić information content (AvgIpc) is 2.65. The highest BCUT2D eigenvalue weighted by atomic mass is 35.5. The molecule has 152 valence electrons. The van der Waals surface area contributed by atoms with E-state index in [0.717, 1.165) is 6.07 Å². The van der Waals surface area contributed by atoms with Crippen molar-refractivity contribution in [1.82, 2.24) is 9.62 Å². The molecule has 0 radical (unpaired) electrons. The maximum absolute atomic E-state index is 13.0. The number of nitrogens with zero attached hydrogens (tertiary/aromatic N) is 2. The Bertz CT molecular complexity index is 981. The first-order valence-corrected chi connectivity index (χ1v) is 10.1. The normalized spacial score (nSPS) is 14.9. The van der Waals surface area contributed by atoms with Crippen molar-refractivity contribution in [2.45, 2.75) is 4.90 Å². The van der Waals surface area contributed by atoms with Crippen molar-refractivity contribution in [2.75, 3.05) is 26.2 Å². The highest BCUT2D eigenvalue weighted by Gasteiger charge is 2.31. The quantitative estimate of drug-likeness (QED) is 0.530. The minimum atomic E-state index is -3.98. The van der Waals surface area contributed by atoms with Crippen LogP contribution in [0.5, 0.6) is 11.5 Å². The van der Waals surface area contributed by atoms with Gasteiger partial charge in [0.2, 0.25) is 10.0 Å². The zero-order valence-corrected chi connectivity index (χ0v) is 17.4. The molecular weight excluding hydrogens is 453 g/mol. The van der Waals surface area contributed by atoms with E-state index >= 15 is 0 Å². The van der Waals surface area contributed by atoms with Gasteiger partial charge in [-0.15, -0.1) is 12.4 Å². The van der Waals surface area contributed by atoms with Crippen LogP contribution < -0.4 is 10.1 Å². The maximum Gasteiger partial charge on any atom is 0.271 e. The van der Waals surface area contributed by atoms with E-state index in [2.05, 4.69) is 5.32 Å². The van der Waals surface area contributed by atoms with Crippen LogP contribution in [0.3, 0.4) is 0 Å². The topological polar surface area (TPSA) is 102 Å². The molecule has 28 heavy (non-hydrogen) atoms. The first-order valence-electron chi connectivity index (χ1n) is 7.91. The molecule has 1 fully saturated rings. The Kier molecular flexibility index (Phi) is 7.49. The van der Waals surface area contributed by atoms with E-state index in [4.69, 9.17) is 27.9 Å². The number of rotatable bonds is 5. The third-order valence-electron chi connectivity index (χ3n) is 3.95. The molecular formula is C16H16Cl3N3O5S. The van der Waals surface area contributed by atoms with E-state index in [0.29, 0.717) is 18.1 Å². The Morgan fingerprint density at radius 2 is 1.75 bits per heavy atom. The third-order valence-corrected chi connectivity index (χ3v) is 6.61. The number of sulfonamides is 1. The van der Waals surface area contributed by atoms with Gasteiger partial charge in [0.25, 0.3) is 5.69 Å². The Morgan fingerprint density at radius 1 is 1.07 bits per heavy atom. The van der Waals surface area contributed by atoms with Gasteiger partial charge in [0.05, 0.1) is 15.0 Å². The van der Waals surface area contributed by atoms with E-state index in [1.54, 1.807) is 0 Å². The molecule has 1 N–H and O–H groups in total. The standard InChI is InChI=1S/C16H15Cl2N3O5S.ClH/c17-13-3-2-12(10-14(13)18)26-15-4-1-11(21(22)23)9-16(15)27(24,25)20-7-5-19-6-8-20;/h1-4,9-10,19H,5-8H2;1H. The Hall–Kier alpha value is -1.62. The van der Waals surface area contributed by atoms with Crippen LogP contribution in [0, 0.1) is 10.1 Å². The second kappa shape index (κ2) is 9.25. The van der Waals surface area contributed by atoms with E-state index in [-0.39, 0.29) is 52.6 Å². The molecule has 2 aromatic carbocycles. The first-order chi connectivity index (χ1) is 12.8. The zero-order valence-electron chi connectivity index (χ0n) is 14.3. The number of hydrogen-bond donors (Lipinski definition) is 1. The van der Waals surface area contributed by atoms with Crippen LogP contribution in [0.4, 0.5) is 5.69 Å². The predicted octanol–water partition coefficient (Wildman–Crippen LogP) is 3.71. The summed E-state index contributed by atoms with van der Waals surface area (Å²) < 4.78 is 33.0. The van der Waals surface area contributed by atoms with E-state index in [9.17, 15) is 18.5 Å². The number of nitro groups is 1. The van der Waals surface area contributed by atoms with E-state index in [1.807, 2.05) is 0 Å². The highest BCUT2D eigenvalue weighted by Crippen LogP contribution is 2.35. The smallest absolute Gasteiger partial charge is 0.271 e. The van der Waals surface area contributed by atoms with Gasteiger partial charge in [-0.2, -0.15) is 4.31 Å². The van der Waals surface area contributed by atoms with Crippen LogP contribution in [0.1, 0.15) is 0 Å². The minimum Gasteiger partial charge on any atom is -0.456 e. The summed E-state index contributed by atoms with van der Waals surface area (Å²) >= 11 is 11.8. The van der Waals surface area contributed by atoms with Gasteiger partial charge in [-0.25, -0.2) is 8.42 Å². The molecule has 2 aromatic rings. The number of ether oxygens (including phenoxy) is 1. The monoisotopic (exact) mass is 467 g/mol. The van der Waals surface area contributed by atoms with Gasteiger partial charge < -0.3 is 10.1 Å². The summed E-state index contributed by atoms with van der Waals surface area (Å²) in [5, 5.41) is 14.7. The lowest BCUT2D eigenvalue weighted by Gasteiger charge is -2.27. The third kappa shape index (κ3) is 4.86. The van der Waals surface area contributed by atoms with Crippen molar-refractivity contribution in [2.24, 2.45) is 0 Å². The fourth-order valence-electron chi connectivity index (χ4n) is 2.59. The van der Waals surface area contributed by atoms with Crippen LogP contribution >= 0.6 is 35.6 Å². The lowest BCUT2D eigenvalue weighted by molar-refractivity contribution is -0.385. The fraction of sp³-hybridized carbons (Fsp3) is 0.250. The van der Waals surface area contributed by atoms with E-state index < -0.39 is 14.9 Å². The summed E-state index contributed by atoms with van der Waals surface area (Å²) in [6.45, 7) is 1.52. The lowest BCUT2D eigenvalue weighted by atomic mass is 10.3. The highest BCUT2D eigenvalue weighted by molar-refractivity contribution is 7.89. The number of halogens is 3. The number of piperazine rings is 1. The van der Waals surface area contributed by atoms with Crippen LogP contribution in [0.25, 0.3) is 0 Å². The van der Waals surface area contributed by atoms with Crippen LogP contribution in [0.2, 0.25) is 10.0 Å². The fourth-order valence-corrected chi connectivity index (χ4v) is 4.45. The van der Waals surface area contributed by atoms with E-state index in [1.165, 1.54) is 34.6 Å². The number of nitrogens with one attached hydrogen (secondary N) is 1. The molecule has 0 amide bonds. The maximum atomic E-state index is 13.0. The van der Waals surface area contributed by atoms with Crippen molar-refractivity contribution >= 4 is 51.3 Å². The molecule has 0 aromatic heterocycles. The summed E-state index contributed by atoms with van der Waals surface area (Å²) in [5.41, 5.74) is -0.342. The minimum absolute atomic E-state index is 0. The number of benzene rings is 2. The summed E-state index contributed by atoms with van der Waals surface area (Å²) in [4.78, 5) is 10.2. The molecule has 8 nitrogen and oxygen atoms in total. The second-order valence-corrected chi connectivity index (χ2v) is 8.44. The second-order valence-electron chi connectivity index (χ2n) is 5.72. The Morgan fingerprint density at radius 3 is 2.36 bits per heavy atom. The molecule has 0 aliphatic carbocycles. The molecule has 1 aliphatic heterocycles. The average molecular weight is 469 g/mol. The largest absolute Gasteiger partial charge is 0.456 e. The molecule has 1 saturated heterocycles. The zero-order chi connectivity index (χ0) is 19.6. The van der Waals surface area contributed by atoms with Crippen molar-refractivity contribution < 1.29 is 18.1 Å². The number of non-ortho nitro benzene ring substituents is 1. The van der Waals surface area contributed by atoms with Crippen LogP contribution in [-0.4, -0.2) is 43.8 Å². The van der Waals surface area contributed by atoms with Gasteiger partial charge >= 0.3 is 0 Å². The van der Waals surface area contributed by atoms with Gasteiger partial charge in [-0.3, -0.25) is 10.1 Å². The molecule has 0 unspecified atom stereocenters. The molecule has 1 heterocycles. The molecule has 3 rings (SSSR count). The van der Waals surface area contributed by atoms with Crippen LogP contribution in [0.15, 0.2) is 41.3 Å². The SMILES string of the molecule is Cl.O=[N+]([O-])c1ccc(Oc2ccc(Cl)c(Cl)c2)c(S(=O)(=O)N2CCNCC2)c1. The van der Waals surface area contributed by atoms with Crippen molar-refractivity contribution in [1.29, 1.82) is 0 Å². The predicted molar refractivity (Wildman–Crippen MR) is 109 cm³/mol. The van der Waals surface area contributed by atoms with Crippen molar-refractivity contribution in [3.63, 3.8) is 0 Å². The van der Waals surface area contributed by atoms with Gasteiger partial charge in [0.15, 0.2) is 0 Å². The van der Waals surface area contributed by atoms with Crippen molar-refractivity contribution in [3.05, 3.63) is 56.6 Å². The van der Waals surface area contributed by atoms with Gasteiger partial charge in [-0.1, -0.05) is 23.2 Å². The lowest BCUT2D eigenvalue weighted by Crippen LogP contribution is -2.46. The van der Waals surface area contributed by atoms with Crippen LogP contribution in [-0.2, 0) is 10.0 Å². The van der Waals surface area contributed by atoms with Gasteiger partial charge in [-0.05, 0) is 18.2 Å². The molecule has 0 spiro atoms. The number of nitro benzene ring substituents is 1. The molecule has 0 bridgehead atoms. The van der Waals surface area contributed by atoms with Gasteiger partial charge in [0, 0.05) is 44.4 Å².